The van der Waals surface area contributed by atoms with Gasteiger partial charge in [-0.05, 0) is 66.9 Å². The van der Waals surface area contributed by atoms with Gasteiger partial charge in [0.2, 0.25) is 0 Å². The van der Waals surface area contributed by atoms with Crippen LogP contribution in [0.15, 0.2) is 23.0 Å². The lowest BCUT2D eigenvalue weighted by Gasteiger charge is -2.38. The summed E-state index contributed by atoms with van der Waals surface area (Å²) in [5.74, 6) is 0.807. The van der Waals surface area contributed by atoms with Crippen LogP contribution in [0.3, 0.4) is 0 Å². The number of pyridine rings is 1. The average molecular weight is 450 g/mol. The van der Waals surface area contributed by atoms with Gasteiger partial charge in [0.1, 0.15) is 6.04 Å². The van der Waals surface area contributed by atoms with E-state index in [9.17, 15) is 4.79 Å². The molecule has 3 aromatic rings. The first-order valence-corrected chi connectivity index (χ1v) is 12.4. The van der Waals surface area contributed by atoms with Gasteiger partial charge in [-0.15, -0.1) is 5.10 Å². The quantitative estimate of drug-likeness (QED) is 0.643. The highest BCUT2D eigenvalue weighted by molar-refractivity contribution is 5.83. The molecular formula is C25H35N7O. The molecule has 0 amide bonds. The van der Waals surface area contributed by atoms with Crippen molar-refractivity contribution >= 4 is 10.9 Å². The number of hydrogen-bond acceptors (Lipinski definition) is 6. The highest BCUT2D eigenvalue weighted by Gasteiger charge is 2.34. The maximum Gasteiger partial charge on any atom is 0.253 e. The number of nitrogens with zero attached hydrogens (tertiary/aromatic N) is 6. The second-order valence-electron chi connectivity index (χ2n) is 9.74. The molecule has 3 heterocycles. The van der Waals surface area contributed by atoms with Crippen molar-refractivity contribution in [3.8, 4) is 0 Å². The molecule has 1 saturated heterocycles. The summed E-state index contributed by atoms with van der Waals surface area (Å²) < 4.78 is 2.03. The number of benzene rings is 1. The number of likely N-dealkylation sites (N-methyl/N-ethyl adjacent to an activating group) is 1. The molecule has 2 aromatic heterocycles. The number of H-pyrrole nitrogens is 1. The Bertz CT molecular complexity index is 1170. The zero-order chi connectivity index (χ0) is 22.9. The van der Waals surface area contributed by atoms with Gasteiger partial charge < -0.3 is 9.88 Å². The third-order valence-electron chi connectivity index (χ3n) is 7.54. The molecule has 0 spiro atoms. The SMILES string of the molecule is CCN1CCN(C(c2cc3c(C)cc(C)cc3[nH]c2=O)c2nnnn2C2CCCCC2)CC1. The fraction of sp³-hybridized carbons (Fsp3) is 0.600. The summed E-state index contributed by atoms with van der Waals surface area (Å²) in [5, 5.41) is 14.2. The van der Waals surface area contributed by atoms with Crippen molar-refractivity contribution in [2.45, 2.75) is 65.0 Å². The molecule has 1 aliphatic carbocycles. The fourth-order valence-electron chi connectivity index (χ4n) is 5.70. The third kappa shape index (κ3) is 4.34. The van der Waals surface area contributed by atoms with E-state index in [1.54, 1.807) is 0 Å². The van der Waals surface area contributed by atoms with Gasteiger partial charge in [0, 0.05) is 42.6 Å². The first kappa shape index (κ1) is 22.2. The number of piperazine rings is 1. The molecule has 0 radical (unpaired) electrons. The summed E-state index contributed by atoms with van der Waals surface area (Å²) >= 11 is 0. The van der Waals surface area contributed by atoms with Gasteiger partial charge in [0.05, 0.1) is 6.04 Å². The third-order valence-corrected chi connectivity index (χ3v) is 7.54. The molecule has 8 heteroatoms. The van der Waals surface area contributed by atoms with Crippen LogP contribution in [-0.4, -0.2) is 67.7 Å². The summed E-state index contributed by atoms with van der Waals surface area (Å²) in [7, 11) is 0. The zero-order valence-electron chi connectivity index (χ0n) is 20.0. The van der Waals surface area contributed by atoms with E-state index in [4.69, 9.17) is 0 Å². The van der Waals surface area contributed by atoms with Gasteiger partial charge in [-0.1, -0.05) is 32.3 Å². The molecule has 33 heavy (non-hydrogen) atoms. The first-order valence-electron chi connectivity index (χ1n) is 12.4. The lowest BCUT2D eigenvalue weighted by molar-refractivity contribution is 0.106. The number of aromatic amines is 1. The minimum Gasteiger partial charge on any atom is -0.322 e. The van der Waals surface area contributed by atoms with E-state index in [0.29, 0.717) is 6.04 Å². The van der Waals surface area contributed by atoms with Gasteiger partial charge in [-0.3, -0.25) is 9.69 Å². The highest BCUT2D eigenvalue weighted by Crippen LogP contribution is 2.33. The predicted octanol–water partition coefficient (Wildman–Crippen LogP) is 3.36. The molecule has 2 aliphatic rings. The van der Waals surface area contributed by atoms with E-state index in [-0.39, 0.29) is 11.6 Å². The van der Waals surface area contributed by atoms with Crippen molar-refractivity contribution in [3.63, 3.8) is 0 Å². The summed E-state index contributed by atoms with van der Waals surface area (Å²) in [5.41, 5.74) is 3.91. The van der Waals surface area contributed by atoms with Crippen molar-refractivity contribution in [1.29, 1.82) is 0 Å². The van der Waals surface area contributed by atoms with Crippen LogP contribution in [0.4, 0.5) is 0 Å². The normalized spacial score (nSPS) is 19.8. The molecule has 0 bridgehead atoms. The number of tetrazole rings is 1. The van der Waals surface area contributed by atoms with Gasteiger partial charge in [-0.2, -0.15) is 0 Å². The van der Waals surface area contributed by atoms with Crippen molar-refractivity contribution in [1.82, 2.24) is 35.0 Å². The van der Waals surface area contributed by atoms with Crippen LogP contribution in [0.5, 0.6) is 0 Å². The van der Waals surface area contributed by atoms with Crippen LogP contribution in [0.2, 0.25) is 0 Å². The van der Waals surface area contributed by atoms with Crippen molar-refractivity contribution in [3.05, 3.63) is 51.1 Å². The van der Waals surface area contributed by atoms with Gasteiger partial charge >= 0.3 is 0 Å². The Morgan fingerprint density at radius 3 is 2.55 bits per heavy atom. The van der Waals surface area contributed by atoms with Gasteiger partial charge in [0.15, 0.2) is 5.82 Å². The molecule has 1 saturated carbocycles. The smallest absolute Gasteiger partial charge is 0.253 e. The molecular weight excluding hydrogens is 414 g/mol. The van der Waals surface area contributed by atoms with Crippen LogP contribution < -0.4 is 5.56 Å². The molecule has 1 unspecified atom stereocenters. The molecule has 2 fully saturated rings. The molecule has 1 atom stereocenters. The van der Waals surface area contributed by atoms with Crippen molar-refractivity contribution < 1.29 is 0 Å². The Morgan fingerprint density at radius 1 is 1.06 bits per heavy atom. The van der Waals surface area contributed by atoms with E-state index in [0.717, 1.165) is 73.4 Å². The topological polar surface area (TPSA) is 82.9 Å². The molecule has 1 N–H and O–H groups in total. The van der Waals surface area contributed by atoms with Crippen LogP contribution in [0.1, 0.15) is 73.6 Å². The maximum absolute atomic E-state index is 13.5. The number of nitrogens with one attached hydrogen (secondary N) is 1. The molecule has 1 aromatic carbocycles. The number of hydrogen-bond donors (Lipinski definition) is 1. The standard InChI is InChI=1S/C25H35N7O/c1-4-30-10-12-31(13-11-30)23(24-27-28-29-32(24)19-8-6-5-7-9-19)21-16-20-18(3)14-17(2)15-22(20)26-25(21)33/h14-16,19,23H,4-13H2,1-3H3,(H,26,33). The first-order chi connectivity index (χ1) is 16.0. The number of aromatic nitrogens is 5. The Hall–Kier alpha value is -2.58. The highest BCUT2D eigenvalue weighted by atomic mass is 16.1. The Morgan fingerprint density at radius 2 is 1.82 bits per heavy atom. The fourth-order valence-corrected chi connectivity index (χ4v) is 5.70. The van der Waals surface area contributed by atoms with Crippen LogP contribution >= 0.6 is 0 Å². The predicted molar refractivity (Wildman–Crippen MR) is 130 cm³/mol. The van der Waals surface area contributed by atoms with Gasteiger partial charge in [0.25, 0.3) is 5.56 Å². The summed E-state index contributed by atoms with van der Waals surface area (Å²) in [6.07, 6.45) is 5.89. The zero-order valence-corrected chi connectivity index (χ0v) is 20.0. The number of fused-ring (bicyclic) bond motifs is 1. The molecule has 176 valence electrons. The second kappa shape index (κ2) is 9.35. The van der Waals surface area contributed by atoms with E-state index in [1.807, 2.05) is 4.68 Å². The van der Waals surface area contributed by atoms with E-state index in [2.05, 4.69) is 69.3 Å². The largest absolute Gasteiger partial charge is 0.322 e. The summed E-state index contributed by atoms with van der Waals surface area (Å²) in [4.78, 5) is 21.5. The summed E-state index contributed by atoms with van der Waals surface area (Å²) in [6, 6.07) is 6.36. The lowest BCUT2D eigenvalue weighted by atomic mass is 9.94. The second-order valence-corrected chi connectivity index (χ2v) is 9.74. The average Bonchev–Trinajstić information content (AvgIpc) is 3.30. The summed E-state index contributed by atoms with van der Waals surface area (Å²) in [6.45, 7) is 11.2. The lowest BCUT2D eigenvalue weighted by Crippen LogP contribution is -2.49. The van der Waals surface area contributed by atoms with Crippen LogP contribution in [0, 0.1) is 13.8 Å². The molecule has 8 nitrogen and oxygen atoms in total. The number of aryl methyl sites for hydroxylation is 2. The number of rotatable bonds is 5. The Kier molecular flexibility index (Phi) is 6.29. The van der Waals surface area contributed by atoms with Crippen LogP contribution in [0.25, 0.3) is 10.9 Å². The molecule has 1 aliphatic heterocycles. The minimum atomic E-state index is -0.255. The molecule has 5 rings (SSSR count). The minimum absolute atomic E-state index is 0.0476. The van der Waals surface area contributed by atoms with Crippen molar-refractivity contribution in [2.24, 2.45) is 0 Å². The van der Waals surface area contributed by atoms with Crippen molar-refractivity contribution in [2.75, 3.05) is 32.7 Å². The maximum atomic E-state index is 13.5. The Labute approximate surface area is 195 Å². The van der Waals surface area contributed by atoms with Crippen LogP contribution in [-0.2, 0) is 0 Å². The monoisotopic (exact) mass is 449 g/mol. The van der Waals surface area contributed by atoms with E-state index in [1.165, 1.54) is 24.8 Å². The van der Waals surface area contributed by atoms with E-state index < -0.39 is 0 Å². The Balaban J connectivity index is 1.62. The van der Waals surface area contributed by atoms with Gasteiger partial charge in [-0.25, -0.2) is 4.68 Å². The van der Waals surface area contributed by atoms with E-state index >= 15 is 0 Å².